The Morgan fingerprint density at radius 2 is 1.81 bits per heavy atom. The van der Waals surface area contributed by atoms with Crippen LogP contribution in [0.5, 0.6) is 0 Å². The Bertz CT molecular complexity index is 807. The van der Waals surface area contributed by atoms with Crippen LogP contribution in [0, 0.1) is 0 Å². The largest absolute Gasteiger partial charge is 0.340 e. The van der Waals surface area contributed by atoms with Crippen molar-refractivity contribution in [3.63, 3.8) is 0 Å². The molecule has 1 aromatic heterocycles. The van der Waals surface area contributed by atoms with Gasteiger partial charge in [-0.1, -0.05) is 36.4 Å². The summed E-state index contributed by atoms with van der Waals surface area (Å²) in [5.74, 6) is 2.32. The lowest BCUT2D eigenvalue weighted by Gasteiger charge is -2.10. The minimum Gasteiger partial charge on any atom is -0.340 e. The number of fused-ring (bicyclic) bond motifs is 1. The number of nitrogens with one attached hydrogen (secondary N) is 1. The molecule has 1 saturated carbocycles. The molecule has 0 spiro atoms. The number of halogens is 1. The van der Waals surface area contributed by atoms with Gasteiger partial charge in [0.15, 0.2) is 0 Å². The predicted octanol–water partition coefficient (Wildman–Crippen LogP) is 5.01. The molecule has 0 aliphatic heterocycles. The standard InChI is InChI=1S/C17H14BrN3/c18-15-10-16(21-17(20-15)12-8-9-12)19-14-7-3-5-11-4-1-2-6-13(11)14/h1-7,10,12H,8-9H2,(H,19,20,21). The highest BCUT2D eigenvalue weighted by molar-refractivity contribution is 9.10. The van der Waals surface area contributed by atoms with Gasteiger partial charge in [0.05, 0.1) is 0 Å². The molecule has 0 amide bonds. The summed E-state index contributed by atoms with van der Waals surface area (Å²) in [6, 6.07) is 16.5. The highest BCUT2D eigenvalue weighted by Crippen LogP contribution is 2.39. The van der Waals surface area contributed by atoms with Gasteiger partial charge in [-0.05, 0) is 40.2 Å². The van der Waals surface area contributed by atoms with Gasteiger partial charge in [0, 0.05) is 23.1 Å². The summed E-state index contributed by atoms with van der Waals surface area (Å²) in [5, 5.41) is 5.85. The van der Waals surface area contributed by atoms with E-state index in [1.165, 1.54) is 23.6 Å². The summed E-state index contributed by atoms with van der Waals surface area (Å²) in [6.45, 7) is 0. The number of benzene rings is 2. The molecule has 0 bridgehead atoms. The van der Waals surface area contributed by atoms with Gasteiger partial charge in [0.25, 0.3) is 0 Å². The summed E-state index contributed by atoms with van der Waals surface area (Å²) in [4.78, 5) is 9.11. The first-order valence-electron chi connectivity index (χ1n) is 7.09. The van der Waals surface area contributed by atoms with Gasteiger partial charge in [-0.2, -0.15) is 0 Å². The summed E-state index contributed by atoms with van der Waals surface area (Å²) >= 11 is 3.48. The third-order valence-corrected chi connectivity index (χ3v) is 4.11. The Hall–Kier alpha value is -1.94. The summed E-state index contributed by atoms with van der Waals surface area (Å²) in [7, 11) is 0. The van der Waals surface area contributed by atoms with Gasteiger partial charge in [-0.15, -0.1) is 0 Å². The predicted molar refractivity (Wildman–Crippen MR) is 88.9 cm³/mol. The molecule has 0 saturated heterocycles. The van der Waals surface area contributed by atoms with E-state index in [0.717, 1.165) is 21.9 Å². The molecule has 1 N–H and O–H groups in total. The van der Waals surface area contributed by atoms with Crippen molar-refractivity contribution in [1.29, 1.82) is 0 Å². The molecular weight excluding hydrogens is 326 g/mol. The van der Waals surface area contributed by atoms with Crippen LogP contribution >= 0.6 is 15.9 Å². The van der Waals surface area contributed by atoms with Crippen LogP contribution in [-0.2, 0) is 0 Å². The van der Waals surface area contributed by atoms with Gasteiger partial charge in [-0.3, -0.25) is 0 Å². The highest BCUT2D eigenvalue weighted by Gasteiger charge is 2.27. The molecule has 21 heavy (non-hydrogen) atoms. The monoisotopic (exact) mass is 339 g/mol. The van der Waals surface area contributed by atoms with Crippen molar-refractivity contribution in [2.75, 3.05) is 5.32 Å². The van der Waals surface area contributed by atoms with E-state index >= 15 is 0 Å². The van der Waals surface area contributed by atoms with Crippen molar-refractivity contribution in [2.45, 2.75) is 18.8 Å². The Morgan fingerprint density at radius 1 is 1.00 bits per heavy atom. The van der Waals surface area contributed by atoms with Gasteiger partial charge in [0.2, 0.25) is 0 Å². The molecule has 3 aromatic rings. The van der Waals surface area contributed by atoms with Gasteiger partial charge >= 0.3 is 0 Å². The maximum Gasteiger partial charge on any atom is 0.135 e. The molecule has 4 heteroatoms. The topological polar surface area (TPSA) is 37.8 Å². The SMILES string of the molecule is Brc1cc(Nc2cccc3ccccc23)nc(C2CC2)n1. The van der Waals surface area contributed by atoms with E-state index in [2.05, 4.69) is 73.7 Å². The normalized spacial score (nSPS) is 14.3. The zero-order valence-electron chi connectivity index (χ0n) is 11.4. The van der Waals surface area contributed by atoms with Crippen LogP contribution in [-0.4, -0.2) is 9.97 Å². The molecule has 1 aliphatic rings. The van der Waals surface area contributed by atoms with E-state index in [0.29, 0.717) is 5.92 Å². The van der Waals surface area contributed by atoms with Crippen LogP contribution in [0.3, 0.4) is 0 Å². The first-order chi connectivity index (χ1) is 10.3. The third-order valence-electron chi connectivity index (χ3n) is 3.71. The number of hydrogen-bond donors (Lipinski definition) is 1. The van der Waals surface area contributed by atoms with Crippen molar-refractivity contribution in [1.82, 2.24) is 9.97 Å². The van der Waals surface area contributed by atoms with E-state index < -0.39 is 0 Å². The Kier molecular flexibility index (Phi) is 3.11. The third kappa shape index (κ3) is 2.63. The maximum atomic E-state index is 4.65. The number of hydrogen-bond acceptors (Lipinski definition) is 3. The number of nitrogens with zero attached hydrogens (tertiary/aromatic N) is 2. The highest BCUT2D eigenvalue weighted by atomic mass is 79.9. The number of aromatic nitrogens is 2. The van der Waals surface area contributed by atoms with Crippen LogP contribution in [0.4, 0.5) is 11.5 Å². The molecule has 0 atom stereocenters. The average molecular weight is 340 g/mol. The quantitative estimate of drug-likeness (QED) is 0.681. The zero-order chi connectivity index (χ0) is 14.2. The van der Waals surface area contributed by atoms with Crippen molar-refractivity contribution in [3.8, 4) is 0 Å². The van der Waals surface area contributed by atoms with E-state index in [1.807, 2.05) is 6.07 Å². The fraction of sp³-hybridized carbons (Fsp3) is 0.176. The van der Waals surface area contributed by atoms with Gasteiger partial charge in [-0.25, -0.2) is 9.97 Å². The van der Waals surface area contributed by atoms with Gasteiger partial charge in [0.1, 0.15) is 16.2 Å². The van der Waals surface area contributed by atoms with Gasteiger partial charge < -0.3 is 5.32 Å². The smallest absolute Gasteiger partial charge is 0.135 e. The molecule has 3 nitrogen and oxygen atoms in total. The molecule has 4 rings (SSSR count). The number of anilines is 2. The van der Waals surface area contributed by atoms with Crippen LogP contribution in [0.15, 0.2) is 53.1 Å². The van der Waals surface area contributed by atoms with E-state index in [-0.39, 0.29) is 0 Å². The first kappa shape index (κ1) is 12.8. The minimum atomic E-state index is 0.538. The zero-order valence-corrected chi connectivity index (χ0v) is 13.0. The first-order valence-corrected chi connectivity index (χ1v) is 7.88. The molecule has 0 radical (unpaired) electrons. The van der Waals surface area contributed by atoms with Crippen LogP contribution in [0.1, 0.15) is 24.6 Å². The summed E-state index contributed by atoms with van der Waals surface area (Å²) in [6.07, 6.45) is 2.40. The second-order valence-electron chi connectivity index (χ2n) is 5.36. The molecule has 0 unspecified atom stereocenters. The Labute approximate surface area is 131 Å². The molecule has 1 aliphatic carbocycles. The lowest BCUT2D eigenvalue weighted by atomic mass is 10.1. The lowest BCUT2D eigenvalue weighted by molar-refractivity contribution is 0.919. The van der Waals surface area contributed by atoms with Crippen LogP contribution < -0.4 is 5.32 Å². The second kappa shape index (κ2) is 5.11. The molecule has 1 heterocycles. The van der Waals surface area contributed by atoms with E-state index in [4.69, 9.17) is 0 Å². The van der Waals surface area contributed by atoms with Crippen LogP contribution in [0.2, 0.25) is 0 Å². The number of rotatable bonds is 3. The maximum absolute atomic E-state index is 4.65. The Balaban J connectivity index is 1.74. The van der Waals surface area contributed by atoms with E-state index in [9.17, 15) is 0 Å². The summed E-state index contributed by atoms with van der Waals surface area (Å²) in [5.41, 5.74) is 1.07. The molecular formula is C17H14BrN3. The van der Waals surface area contributed by atoms with Crippen molar-refractivity contribution in [3.05, 3.63) is 59.0 Å². The minimum absolute atomic E-state index is 0.538. The van der Waals surface area contributed by atoms with Crippen molar-refractivity contribution >= 4 is 38.2 Å². The average Bonchev–Trinajstić information content (AvgIpc) is 3.32. The fourth-order valence-corrected chi connectivity index (χ4v) is 2.89. The second-order valence-corrected chi connectivity index (χ2v) is 6.17. The molecule has 2 aromatic carbocycles. The lowest BCUT2D eigenvalue weighted by Crippen LogP contribution is -2.00. The van der Waals surface area contributed by atoms with Crippen molar-refractivity contribution < 1.29 is 0 Å². The molecule has 104 valence electrons. The summed E-state index contributed by atoms with van der Waals surface area (Å²) < 4.78 is 0.835. The van der Waals surface area contributed by atoms with Crippen molar-refractivity contribution in [2.24, 2.45) is 0 Å². The van der Waals surface area contributed by atoms with E-state index in [1.54, 1.807) is 0 Å². The fourth-order valence-electron chi connectivity index (χ4n) is 2.50. The van der Waals surface area contributed by atoms with Crippen LogP contribution in [0.25, 0.3) is 10.8 Å². The molecule has 1 fully saturated rings. The Morgan fingerprint density at radius 3 is 2.67 bits per heavy atom.